The van der Waals surface area contributed by atoms with Crippen molar-refractivity contribution in [2.75, 3.05) is 0 Å². The first-order valence-electron chi connectivity index (χ1n) is 13.7. The van der Waals surface area contributed by atoms with E-state index in [1.807, 2.05) is 12.1 Å². The molecule has 0 aliphatic heterocycles. The highest BCUT2D eigenvalue weighted by molar-refractivity contribution is 5.64. The van der Waals surface area contributed by atoms with Crippen LogP contribution in [0.5, 0.6) is 0 Å². The van der Waals surface area contributed by atoms with Crippen LogP contribution >= 0.6 is 0 Å². The fraction of sp³-hybridized carbons (Fsp3) is 0.613. The molecule has 2 aliphatic carbocycles. The van der Waals surface area contributed by atoms with E-state index in [4.69, 9.17) is 0 Å². The first kappa shape index (κ1) is 25.3. The Labute approximate surface area is 204 Å². The summed E-state index contributed by atoms with van der Waals surface area (Å²) in [5, 5.41) is 0. The van der Waals surface area contributed by atoms with Crippen LogP contribution in [-0.2, 0) is 0 Å². The Kier molecular flexibility index (Phi) is 8.77. The minimum atomic E-state index is -1.41. The molecule has 2 aromatic carbocycles. The summed E-state index contributed by atoms with van der Waals surface area (Å²) in [6.45, 7) is 4.80. The summed E-state index contributed by atoms with van der Waals surface area (Å²) >= 11 is 0. The lowest BCUT2D eigenvalue weighted by Crippen LogP contribution is -2.23. The molecule has 2 aromatic rings. The molecule has 186 valence electrons. The van der Waals surface area contributed by atoms with E-state index in [0.717, 1.165) is 35.8 Å². The Morgan fingerprint density at radius 1 is 0.765 bits per heavy atom. The third-order valence-electron chi connectivity index (χ3n) is 8.91. The van der Waals surface area contributed by atoms with Crippen LogP contribution in [0.15, 0.2) is 36.4 Å². The van der Waals surface area contributed by atoms with Crippen LogP contribution in [0.25, 0.3) is 11.1 Å². The van der Waals surface area contributed by atoms with Crippen LogP contribution in [-0.4, -0.2) is 0 Å². The highest BCUT2D eigenvalue weighted by atomic mass is 19.2. The SMILES string of the molecule is CCCCC1CCC(C(C)CC2CCC(c3ccc(-c4cc(F)c(F)c(F)c4)cc3)CC2)CC1. The summed E-state index contributed by atoms with van der Waals surface area (Å²) < 4.78 is 40.4. The number of hydrogen-bond acceptors (Lipinski definition) is 0. The van der Waals surface area contributed by atoms with Gasteiger partial charge in [0.2, 0.25) is 0 Å². The molecule has 0 saturated heterocycles. The normalized spacial score (nSPS) is 26.4. The maximum absolute atomic E-state index is 13.6. The lowest BCUT2D eigenvalue weighted by atomic mass is 9.70. The monoisotopic (exact) mass is 470 g/mol. The van der Waals surface area contributed by atoms with Gasteiger partial charge in [-0.15, -0.1) is 0 Å². The molecule has 1 atom stereocenters. The molecule has 0 aromatic heterocycles. The summed E-state index contributed by atoms with van der Waals surface area (Å²) in [5.41, 5.74) is 2.40. The van der Waals surface area contributed by atoms with Crippen molar-refractivity contribution in [3.8, 4) is 11.1 Å². The second kappa shape index (κ2) is 11.8. The predicted octanol–water partition coefficient (Wildman–Crippen LogP) is 10.1. The van der Waals surface area contributed by atoms with E-state index >= 15 is 0 Å². The van der Waals surface area contributed by atoms with Gasteiger partial charge in [0.25, 0.3) is 0 Å². The van der Waals surface area contributed by atoms with Crippen LogP contribution in [0, 0.1) is 41.1 Å². The van der Waals surface area contributed by atoms with Crippen LogP contribution in [0.2, 0.25) is 0 Å². The first-order chi connectivity index (χ1) is 16.4. The Hall–Kier alpha value is -1.77. The highest BCUT2D eigenvalue weighted by Gasteiger charge is 2.29. The zero-order valence-electron chi connectivity index (χ0n) is 21.0. The van der Waals surface area contributed by atoms with Gasteiger partial charge < -0.3 is 0 Å². The van der Waals surface area contributed by atoms with Crippen LogP contribution in [0.1, 0.15) is 102 Å². The molecule has 0 radical (unpaired) electrons. The summed E-state index contributed by atoms with van der Waals surface area (Å²) in [7, 11) is 0. The van der Waals surface area contributed by atoms with E-state index in [2.05, 4.69) is 26.0 Å². The summed E-state index contributed by atoms with van der Waals surface area (Å²) in [5.74, 6) is 0.503. The second-order valence-electron chi connectivity index (χ2n) is 11.2. The zero-order valence-corrected chi connectivity index (χ0v) is 21.0. The van der Waals surface area contributed by atoms with Crippen LogP contribution < -0.4 is 0 Å². The van der Waals surface area contributed by atoms with E-state index in [1.54, 1.807) is 0 Å². The third kappa shape index (κ3) is 6.26. The number of unbranched alkanes of at least 4 members (excludes halogenated alkanes) is 1. The standard InChI is InChI=1S/C31H41F3/c1-3-4-5-22-6-10-24(11-7-22)21(2)18-23-8-12-25(13-9-23)26-14-16-27(17-15-26)28-19-29(32)31(34)30(33)20-28/h14-17,19-25H,3-13,18H2,1-2H3. The van der Waals surface area contributed by atoms with Crippen molar-refractivity contribution >= 4 is 0 Å². The third-order valence-corrected chi connectivity index (χ3v) is 8.91. The van der Waals surface area contributed by atoms with Crippen molar-refractivity contribution in [2.24, 2.45) is 23.7 Å². The van der Waals surface area contributed by atoms with Crippen molar-refractivity contribution in [3.63, 3.8) is 0 Å². The van der Waals surface area contributed by atoms with Gasteiger partial charge in [0, 0.05) is 0 Å². The van der Waals surface area contributed by atoms with E-state index in [-0.39, 0.29) is 0 Å². The number of benzene rings is 2. The molecule has 2 fully saturated rings. The van der Waals surface area contributed by atoms with Gasteiger partial charge in [-0.05, 0) is 103 Å². The number of rotatable bonds is 8. The van der Waals surface area contributed by atoms with E-state index < -0.39 is 17.5 Å². The molecule has 2 aliphatic rings. The van der Waals surface area contributed by atoms with Gasteiger partial charge >= 0.3 is 0 Å². The summed E-state index contributed by atoms with van der Waals surface area (Å²) in [4.78, 5) is 0. The Morgan fingerprint density at radius 3 is 1.94 bits per heavy atom. The van der Waals surface area contributed by atoms with Gasteiger partial charge in [-0.2, -0.15) is 0 Å². The van der Waals surface area contributed by atoms with E-state index in [0.29, 0.717) is 17.0 Å². The highest BCUT2D eigenvalue weighted by Crippen LogP contribution is 2.42. The van der Waals surface area contributed by atoms with Gasteiger partial charge in [0.1, 0.15) is 0 Å². The van der Waals surface area contributed by atoms with Gasteiger partial charge in [-0.3, -0.25) is 0 Å². The fourth-order valence-corrected chi connectivity index (χ4v) is 6.66. The maximum Gasteiger partial charge on any atom is 0.194 e. The molecule has 4 rings (SSSR count). The molecular formula is C31H41F3. The fourth-order valence-electron chi connectivity index (χ4n) is 6.66. The molecule has 0 amide bonds. The van der Waals surface area contributed by atoms with Crippen molar-refractivity contribution in [1.82, 2.24) is 0 Å². The molecule has 34 heavy (non-hydrogen) atoms. The molecule has 0 spiro atoms. The van der Waals surface area contributed by atoms with Crippen molar-refractivity contribution < 1.29 is 13.2 Å². The zero-order chi connectivity index (χ0) is 24.1. The molecule has 0 heterocycles. The second-order valence-corrected chi connectivity index (χ2v) is 11.2. The molecule has 1 unspecified atom stereocenters. The van der Waals surface area contributed by atoms with Crippen molar-refractivity contribution in [1.29, 1.82) is 0 Å². The van der Waals surface area contributed by atoms with E-state index in [9.17, 15) is 13.2 Å². The van der Waals surface area contributed by atoms with Crippen LogP contribution in [0.3, 0.4) is 0 Å². The quantitative estimate of drug-likeness (QED) is 0.337. The molecule has 0 N–H and O–H groups in total. The lowest BCUT2D eigenvalue weighted by Gasteiger charge is -2.36. The molecule has 2 saturated carbocycles. The van der Waals surface area contributed by atoms with E-state index in [1.165, 1.54) is 82.6 Å². The summed E-state index contributed by atoms with van der Waals surface area (Å²) in [6.07, 6.45) is 16.4. The Morgan fingerprint density at radius 2 is 1.35 bits per heavy atom. The average Bonchev–Trinajstić information content (AvgIpc) is 2.86. The van der Waals surface area contributed by atoms with Gasteiger partial charge in [0.05, 0.1) is 0 Å². The van der Waals surface area contributed by atoms with Crippen molar-refractivity contribution in [3.05, 3.63) is 59.4 Å². The lowest BCUT2D eigenvalue weighted by molar-refractivity contribution is 0.169. The smallest absolute Gasteiger partial charge is 0.194 e. The Balaban J connectivity index is 1.25. The topological polar surface area (TPSA) is 0 Å². The Bertz CT molecular complexity index is 880. The molecular weight excluding hydrogens is 429 g/mol. The maximum atomic E-state index is 13.6. The molecule has 3 heteroatoms. The van der Waals surface area contributed by atoms with Gasteiger partial charge in [0.15, 0.2) is 17.5 Å². The molecule has 0 bridgehead atoms. The first-order valence-corrected chi connectivity index (χ1v) is 13.7. The molecule has 0 nitrogen and oxygen atoms in total. The van der Waals surface area contributed by atoms with Gasteiger partial charge in [-0.1, -0.05) is 70.2 Å². The largest absolute Gasteiger partial charge is 0.204 e. The minimum Gasteiger partial charge on any atom is -0.204 e. The number of halogens is 3. The predicted molar refractivity (Wildman–Crippen MR) is 135 cm³/mol. The van der Waals surface area contributed by atoms with Gasteiger partial charge in [-0.25, -0.2) is 13.2 Å². The van der Waals surface area contributed by atoms with Crippen LogP contribution in [0.4, 0.5) is 13.2 Å². The average molecular weight is 471 g/mol. The summed E-state index contributed by atoms with van der Waals surface area (Å²) in [6, 6.07) is 10.1. The number of hydrogen-bond donors (Lipinski definition) is 0. The van der Waals surface area contributed by atoms with Crippen molar-refractivity contribution in [2.45, 2.75) is 96.8 Å². The minimum absolute atomic E-state index is 0.375.